The van der Waals surface area contributed by atoms with Crippen LogP contribution in [0, 0.1) is 0 Å². The van der Waals surface area contributed by atoms with Crippen LogP contribution in [0.25, 0.3) is 0 Å². The SMILES string of the molecule is CCO[Si](C)(C)CCCC(N)(CCCCCN)CCC[Si](C)(C)OCC. The highest BCUT2D eigenvalue weighted by Gasteiger charge is 2.29. The van der Waals surface area contributed by atoms with Crippen molar-refractivity contribution < 1.29 is 8.85 Å². The maximum atomic E-state index is 6.90. The van der Waals surface area contributed by atoms with Crippen molar-refractivity contribution in [3.63, 3.8) is 0 Å². The van der Waals surface area contributed by atoms with Crippen molar-refractivity contribution >= 4 is 16.6 Å². The number of hydrogen-bond donors (Lipinski definition) is 2. The Balaban J connectivity index is 4.54. The summed E-state index contributed by atoms with van der Waals surface area (Å²) in [6.07, 6.45) is 9.27. The molecule has 0 aromatic rings. The first kappa shape index (κ1) is 26.3. The molecule has 4 N–H and O–H groups in total. The average Bonchev–Trinajstić information content (AvgIpc) is 2.51. The van der Waals surface area contributed by atoms with Crippen LogP contribution in [0.5, 0.6) is 0 Å². The predicted molar refractivity (Wildman–Crippen MR) is 121 cm³/mol. The zero-order valence-electron chi connectivity index (χ0n) is 18.7. The van der Waals surface area contributed by atoms with Crippen molar-refractivity contribution in [2.75, 3.05) is 19.8 Å². The maximum Gasteiger partial charge on any atom is 0.186 e. The van der Waals surface area contributed by atoms with E-state index in [-0.39, 0.29) is 5.54 Å². The lowest BCUT2D eigenvalue weighted by atomic mass is 9.84. The Kier molecular flexibility index (Phi) is 13.6. The second-order valence-corrected chi connectivity index (χ2v) is 17.7. The first-order valence-corrected chi connectivity index (χ1v) is 17.1. The summed E-state index contributed by atoms with van der Waals surface area (Å²) >= 11 is 0. The number of unbranched alkanes of at least 4 members (excludes halogenated alkanes) is 2. The molecule has 0 atom stereocenters. The van der Waals surface area contributed by atoms with Gasteiger partial charge in [0, 0.05) is 18.8 Å². The van der Waals surface area contributed by atoms with Crippen molar-refractivity contribution in [2.45, 2.75) is 109 Å². The van der Waals surface area contributed by atoms with Crippen molar-refractivity contribution in [2.24, 2.45) is 11.5 Å². The second-order valence-electron chi connectivity index (χ2n) is 9.05. The van der Waals surface area contributed by atoms with Crippen LogP contribution < -0.4 is 11.5 Å². The topological polar surface area (TPSA) is 70.5 Å². The van der Waals surface area contributed by atoms with E-state index < -0.39 is 16.6 Å². The molecule has 0 heterocycles. The van der Waals surface area contributed by atoms with Gasteiger partial charge in [0.25, 0.3) is 0 Å². The Morgan fingerprint density at radius 3 is 1.50 bits per heavy atom. The normalized spacial score (nSPS) is 13.4. The molecule has 6 heteroatoms. The summed E-state index contributed by atoms with van der Waals surface area (Å²) in [5.74, 6) is 0. The van der Waals surface area contributed by atoms with Gasteiger partial charge in [0.05, 0.1) is 0 Å². The van der Waals surface area contributed by atoms with Gasteiger partial charge in [-0.25, -0.2) is 0 Å². The minimum absolute atomic E-state index is 0.0258. The van der Waals surface area contributed by atoms with Crippen LogP contribution >= 0.6 is 0 Å². The first-order chi connectivity index (χ1) is 12.1. The van der Waals surface area contributed by atoms with E-state index in [0.717, 1.165) is 45.4 Å². The van der Waals surface area contributed by atoms with Crippen LogP contribution in [0.15, 0.2) is 0 Å². The van der Waals surface area contributed by atoms with E-state index in [1.54, 1.807) is 0 Å². The summed E-state index contributed by atoms with van der Waals surface area (Å²) in [7, 11) is -3.01. The molecule has 158 valence electrons. The molecule has 0 radical (unpaired) electrons. The summed E-state index contributed by atoms with van der Waals surface area (Å²) in [5.41, 5.74) is 12.5. The molecule has 0 aliphatic carbocycles. The zero-order valence-corrected chi connectivity index (χ0v) is 20.7. The molecule has 26 heavy (non-hydrogen) atoms. The molecular weight excluding hydrogens is 356 g/mol. The minimum Gasteiger partial charge on any atom is -0.418 e. The largest absolute Gasteiger partial charge is 0.418 e. The van der Waals surface area contributed by atoms with Gasteiger partial charge in [-0.3, -0.25) is 0 Å². The van der Waals surface area contributed by atoms with Gasteiger partial charge < -0.3 is 20.3 Å². The van der Waals surface area contributed by atoms with Crippen LogP contribution in [-0.2, 0) is 8.85 Å². The maximum absolute atomic E-state index is 6.90. The highest BCUT2D eigenvalue weighted by Crippen LogP contribution is 2.29. The Labute approximate surface area is 166 Å². The van der Waals surface area contributed by atoms with Crippen LogP contribution in [0.4, 0.5) is 0 Å². The smallest absolute Gasteiger partial charge is 0.186 e. The van der Waals surface area contributed by atoms with Gasteiger partial charge in [-0.1, -0.05) is 25.7 Å². The molecule has 0 saturated carbocycles. The molecule has 0 aliphatic rings. The van der Waals surface area contributed by atoms with Gasteiger partial charge in [-0.05, 0) is 84.4 Å². The molecule has 0 amide bonds. The molecule has 0 aliphatic heterocycles. The molecule has 4 nitrogen and oxygen atoms in total. The van der Waals surface area contributed by atoms with Crippen LogP contribution in [0.1, 0.15) is 65.2 Å². The summed E-state index contributed by atoms with van der Waals surface area (Å²) in [6, 6.07) is 2.42. The summed E-state index contributed by atoms with van der Waals surface area (Å²) in [5, 5.41) is 0. The lowest BCUT2D eigenvalue weighted by Gasteiger charge is -2.32. The summed E-state index contributed by atoms with van der Waals surface area (Å²) < 4.78 is 12.0. The van der Waals surface area contributed by atoms with E-state index >= 15 is 0 Å². The van der Waals surface area contributed by atoms with E-state index in [4.69, 9.17) is 20.3 Å². The van der Waals surface area contributed by atoms with Gasteiger partial charge in [0.15, 0.2) is 16.6 Å². The molecule has 0 rings (SSSR count). The highest BCUT2D eigenvalue weighted by atomic mass is 28.4. The Morgan fingerprint density at radius 1 is 0.692 bits per heavy atom. The van der Waals surface area contributed by atoms with Crippen LogP contribution in [0.2, 0.25) is 38.3 Å². The zero-order chi connectivity index (χ0) is 20.1. The number of hydrogen-bond acceptors (Lipinski definition) is 4. The monoisotopic (exact) mass is 404 g/mol. The third-order valence-corrected chi connectivity index (χ3v) is 10.6. The second kappa shape index (κ2) is 13.5. The molecule has 0 aromatic carbocycles. The molecule has 0 bridgehead atoms. The number of nitrogens with two attached hydrogens (primary N) is 2. The van der Waals surface area contributed by atoms with Crippen molar-refractivity contribution in [3.05, 3.63) is 0 Å². The van der Waals surface area contributed by atoms with E-state index in [1.807, 2.05) is 0 Å². The van der Waals surface area contributed by atoms with E-state index in [0.29, 0.717) is 0 Å². The molecule has 0 aromatic heterocycles. The third kappa shape index (κ3) is 13.4. The van der Waals surface area contributed by atoms with Crippen molar-refractivity contribution in [3.8, 4) is 0 Å². The van der Waals surface area contributed by atoms with Crippen molar-refractivity contribution in [1.82, 2.24) is 0 Å². The third-order valence-electron chi connectivity index (χ3n) is 5.36. The van der Waals surface area contributed by atoms with Crippen molar-refractivity contribution in [1.29, 1.82) is 0 Å². The fourth-order valence-electron chi connectivity index (χ4n) is 3.83. The average molecular weight is 405 g/mol. The summed E-state index contributed by atoms with van der Waals surface area (Å²) in [6.45, 7) is 16.0. The van der Waals surface area contributed by atoms with E-state index in [1.165, 1.54) is 37.8 Å². The molecular formula is C20H48N2O2Si2. The summed E-state index contributed by atoms with van der Waals surface area (Å²) in [4.78, 5) is 0. The Bertz CT molecular complexity index is 329. The number of rotatable bonds is 17. The van der Waals surface area contributed by atoms with Crippen LogP contribution in [-0.4, -0.2) is 41.9 Å². The lowest BCUT2D eigenvalue weighted by molar-refractivity contribution is 0.301. The van der Waals surface area contributed by atoms with E-state index in [9.17, 15) is 0 Å². The quantitative estimate of drug-likeness (QED) is 0.257. The van der Waals surface area contributed by atoms with Gasteiger partial charge in [0.1, 0.15) is 0 Å². The molecule has 0 unspecified atom stereocenters. The van der Waals surface area contributed by atoms with E-state index in [2.05, 4.69) is 40.0 Å². The highest BCUT2D eigenvalue weighted by molar-refractivity contribution is 6.71. The van der Waals surface area contributed by atoms with Gasteiger partial charge in [0.2, 0.25) is 0 Å². The molecule has 0 spiro atoms. The standard InChI is InChI=1S/C20H48N2O2Si2/c1-7-23-25(3,4)18-12-15-20(22,14-10-9-11-17-21)16-13-19-26(5,6)24-8-2/h7-19,21-22H2,1-6H3. The first-order valence-electron chi connectivity index (χ1n) is 10.9. The predicted octanol–water partition coefficient (Wildman–Crippen LogP) is 5.25. The Morgan fingerprint density at radius 2 is 1.12 bits per heavy atom. The van der Waals surface area contributed by atoms with Gasteiger partial charge in [-0.2, -0.15) is 0 Å². The van der Waals surface area contributed by atoms with Gasteiger partial charge >= 0.3 is 0 Å². The Hall–Kier alpha value is 0.274. The fraction of sp³-hybridized carbons (Fsp3) is 1.00. The lowest BCUT2D eigenvalue weighted by Crippen LogP contribution is -2.41. The molecule has 0 fully saturated rings. The van der Waals surface area contributed by atoms with Crippen LogP contribution in [0.3, 0.4) is 0 Å². The fourth-order valence-corrected chi connectivity index (χ4v) is 7.74. The minimum atomic E-state index is -1.50. The van der Waals surface area contributed by atoms with Gasteiger partial charge in [-0.15, -0.1) is 0 Å². The molecule has 0 saturated heterocycles.